The zero-order chi connectivity index (χ0) is 15.8. The topological polar surface area (TPSA) is 92.5 Å². The van der Waals surface area contributed by atoms with Crippen LogP contribution in [0.2, 0.25) is 0 Å². The fourth-order valence-corrected chi connectivity index (χ4v) is 2.99. The van der Waals surface area contributed by atoms with Gasteiger partial charge in [0.05, 0.1) is 20.9 Å². The average molecular weight is 361 g/mol. The number of nitrogens with zero attached hydrogens (tertiary/aromatic N) is 1. The third-order valence-electron chi connectivity index (χ3n) is 4.01. The van der Waals surface area contributed by atoms with E-state index in [0.717, 1.165) is 12.5 Å². The van der Waals surface area contributed by atoms with Crippen molar-refractivity contribution in [2.75, 3.05) is 5.32 Å². The first-order valence-electron chi connectivity index (χ1n) is 6.39. The molecule has 1 aliphatic carbocycles. The van der Waals surface area contributed by atoms with E-state index in [9.17, 15) is 24.4 Å². The first-order valence-corrected chi connectivity index (χ1v) is 7.18. The van der Waals surface area contributed by atoms with Crippen LogP contribution in [0.15, 0.2) is 16.6 Å². The number of hydrogen-bond acceptors (Lipinski definition) is 4. The number of hydrogen-bond donors (Lipinski definition) is 2. The number of carbonyl (C=O) groups is 1. The van der Waals surface area contributed by atoms with Crippen LogP contribution in [0.1, 0.15) is 26.2 Å². The lowest BCUT2D eigenvalue weighted by Crippen LogP contribution is -2.40. The van der Waals surface area contributed by atoms with Crippen LogP contribution in [0, 0.1) is 21.3 Å². The Morgan fingerprint density at radius 2 is 2.29 bits per heavy atom. The standard InChI is InChI=1S/C13H14BrFN2O4/c1-13(12(18)19)4-2-3-11(13)16-9-5-7(14)8(15)6-10(9)17(20)21/h5-6,11,16H,2-4H2,1H3,(H,18,19). The van der Waals surface area contributed by atoms with Gasteiger partial charge in [-0.2, -0.15) is 0 Å². The third kappa shape index (κ3) is 2.85. The molecule has 8 heteroatoms. The quantitative estimate of drug-likeness (QED) is 0.632. The fourth-order valence-electron chi connectivity index (χ4n) is 2.64. The lowest BCUT2D eigenvalue weighted by Gasteiger charge is -2.28. The molecule has 1 aromatic rings. The third-order valence-corrected chi connectivity index (χ3v) is 4.62. The van der Waals surface area contributed by atoms with Crippen molar-refractivity contribution in [2.24, 2.45) is 5.41 Å². The second-order valence-electron chi connectivity index (χ2n) is 5.35. The molecule has 1 saturated carbocycles. The molecular weight excluding hydrogens is 347 g/mol. The number of halogens is 2. The van der Waals surface area contributed by atoms with Gasteiger partial charge in [-0.1, -0.05) is 6.42 Å². The average Bonchev–Trinajstić information content (AvgIpc) is 2.76. The number of anilines is 1. The monoisotopic (exact) mass is 360 g/mol. The molecule has 0 saturated heterocycles. The highest BCUT2D eigenvalue weighted by Gasteiger charge is 2.45. The van der Waals surface area contributed by atoms with Gasteiger partial charge in [0.2, 0.25) is 0 Å². The maximum Gasteiger partial charge on any atom is 0.311 e. The number of aliphatic carboxylic acids is 1. The van der Waals surface area contributed by atoms with Crippen LogP contribution < -0.4 is 5.32 Å². The summed E-state index contributed by atoms with van der Waals surface area (Å²) in [6.07, 6.45) is 1.81. The van der Waals surface area contributed by atoms with Crippen LogP contribution in [0.3, 0.4) is 0 Å². The Hall–Kier alpha value is -1.70. The normalized spacial score (nSPS) is 24.8. The van der Waals surface area contributed by atoms with Crippen LogP contribution in [0.4, 0.5) is 15.8 Å². The molecule has 2 atom stereocenters. The highest BCUT2D eigenvalue weighted by Crippen LogP contribution is 2.41. The maximum atomic E-state index is 13.4. The molecule has 0 radical (unpaired) electrons. The summed E-state index contributed by atoms with van der Waals surface area (Å²) in [5.41, 5.74) is -1.28. The smallest absolute Gasteiger partial charge is 0.311 e. The molecule has 21 heavy (non-hydrogen) atoms. The zero-order valence-corrected chi connectivity index (χ0v) is 12.8. The summed E-state index contributed by atoms with van der Waals surface area (Å²) in [5, 5.41) is 23.3. The molecule has 1 fully saturated rings. The van der Waals surface area contributed by atoms with Crippen molar-refractivity contribution in [3.63, 3.8) is 0 Å². The first kappa shape index (κ1) is 15.7. The predicted molar refractivity (Wildman–Crippen MR) is 77.8 cm³/mol. The van der Waals surface area contributed by atoms with E-state index in [1.807, 2.05) is 0 Å². The van der Waals surface area contributed by atoms with Crippen LogP contribution >= 0.6 is 15.9 Å². The van der Waals surface area contributed by atoms with E-state index in [-0.39, 0.29) is 10.2 Å². The number of nitrogens with one attached hydrogen (secondary N) is 1. The molecule has 0 spiro atoms. The number of benzene rings is 1. The van der Waals surface area contributed by atoms with Crippen LogP contribution in [-0.4, -0.2) is 22.0 Å². The number of carboxylic acid groups (broad SMARTS) is 1. The maximum absolute atomic E-state index is 13.4. The molecule has 0 aromatic heterocycles. The summed E-state index contributed by atoms with van der Waals surface area (Å²) >= 11 is 2.98. The van der Waals surface area contributed by atoms with Crippen LogP contribution in [0.25, 0.3) is 0 Å². The van der Waals surface area contributed by atoms with Gasteiger partial charge in [-0.05, 0) is 41.8 Å². The van der Waals surface area contributed by atoms with E-state index in [1.165, 1.54) is 6.07 Å². The SMILES string of the molecule is CC1(C(=O)O)CCCC1Nc1cc(Br)c(F)cc1[N+](=O)[O-]. The fraction of sp³-hybridized carbons (Fsp3) is 0.462. The highest BCUT2D eigenvalue weighted by molar-refractivity contribution is 9.10. The number of carboxylic acids is 1. The molecule has 6 nitrogen and oxygen atoms in total. The summed E-state index contributed by atoms with van der Waals surface area (Å²) in [6, 6.07) is 1.65. The summed E-state index contributed by atoms with van der Waals surface area (Å²) in [4.78, 5) is 21.8. The Morgan fingerprint density at radius 1 is 1.62 bits per heavy atom. The molecule has 2 unspecified atom stereocenters. The Labute approximate surface area is 128 Å². The van der Waals surface area contributed by atoms with Gasteiger partial charge in [-0.15, -0.1) is 0 Å². The van der Waals surface area contributed by atoms with Gasteiger partial charge in [0.15, 0.2) is 0 Å². The molecule has 1 aliphatic rings. The predicted octanol–water partition coefficient (Wildman–Crippen LogP) is 3.55. The van der Waals surface area contributed by atoms with E-state index in [1.54, 1.807) is 6.92 Å². The highest BCUT2D eigenvalue weighted by atomic mass is 79.9. The van der Waals surface area contributed by atoms with Crippen molar-refractivity contribution < 1.29 is 19.2 Å². The van der Waals surface area contributed by atoms with E-state index >= 15 is 0 Å². The molecule has 114 valence electrons. The molecule has 0 heterocycles. The van der Waals surface area contributed by atoms with E-state index in [2.05, 4.69) is 21.2 Å². The number of nitro groups is 1. The van der Waals surface area contributed by atoms with Crippen LogP contribution in [-0.2, 0) is 4.79 Å². The van der Waals surface area contributed by atoms with Gasteiger partial charge >= 0.3 is 5.97 Å². The molecule has 0 aliphatic heterocycles. The summed E-state index contributed by atoms with van der Waals surface area (Å²) < 4.78 is 13.5. The van der Waals surface area contributed by atoms with Gasteiger partial charge < -0.3 is 10.4 Å². The van der Waals surface area contributed by atoms with Gasteiger partial charge in [0, 0.05) is 6.04 Å². The molecule has 0 bridgehead atoms. The molecular formula is C13H14BrFN2O4. The second kappa shape index (κ2) is 5.59. The largest absolute Gasteiger partial charge is 0.481 e. The first-order chi connectivity index (χ1) is 9.75. The van der Waals surface area contributed by atoms with Gasteiger partial charge in [0.1, 0.15) is 11.5 Å². The Balaban J connectivity index is 2.37. The van der Waals surface area contributed by atoms with Gasteiger partial charge in [-0.25, -0.2) is 4.39 Å². The van der Waals surface area contributed by atoms with Crippen molar-refractivity contribution >= 4 is 33.3 Å². The summed E-state index contributed by atoms with van der Waals surface area (Å²) in [7, 11) is 0. The zero-order valence-electron chi connectivity index (χ0n) is 11.2. The second-order valence-corrected chi connectivity index (χ2v) is 6.21. The van der Waals surface area contributed by atoms with Crippen molar-refractivity contribution in [1.82, 2.24) is 0 Å². The number of nitro benzene ring substituents is 1. The van der Waals surface area contributed by atoms with Gasteiger partial charge in [-0.3, -0.25) is 14.9 Å². The number of rotatable bonds is 4. The minimum Gasteiger partial charge on any atom is -0.481 e. The Kier molecular flexibility index (Phi) is 4.18. The van der Waals surface area contributed by atoms with Crippen molar-refractivity contribution in [3.05, 3.63) is 32.5 Å². The van der Waals surface area contributed by atoms with E-state index in [0.29, 0.717) is 12.8 Å². The minimum atomic E-state index is -0.991. The van der Waals surface area contributed by atoms with Crippen molar-refractivity contribution in [1.29, 1.82) is 0 Å². The molecule has 0 amide bonds. The Morgan fingerprint density at radius 3 is 2.86 bits per heavy atom. The van der Waals surface area contributed by atoms with E-state index in [4.69, 9.17) is 0 Å². The lowest BCUT2D eigenvalue weighted by molar-refractivity contribution is -0.384. The molecule has 2 rings (SSSR count). The summed E-state index contributed by atoms with van der Waals surface area (Å²) in [6.45, 7) is 1.62. The van der Waals surface area contributed by atoms with E-state index < -0.39 is 33.9 Å². The Bertz CT molecular complexity index is 610. The lowest BCUT2D eigenvalue weighted by atomic mass is 9.85. The molecule has 2 N–H and O–H groups in total. The minimum absolute atomic E-state index is 0.0885. The van der Waals surface area contributed by atoms with Crippen molar-refractivity contribution in [2.45, 2.75) is 32.2 Å². The molecule has 1 aromatic carbocycles. The summed E-state index contributed by atoms with van der Waals surface area (Å²) in [5.74, 6) is -1.68. The van der Waals surface area contributed by atoms with Crippen LogP contribution in [0.5, 0.6) is 0 Å². The van der Waals surface area contributed by atoms with Gasteiger partial charge in [0.25, 0.3) is 5.69 Å². The van der Waals surface area contributed by atoms with Crippen molar-refractivity contribution in [3.8, 4) is 0 Å².